The molecule has 0 aliphatic rings. The first kappa shape index (κ1) is 15.5. The molecule has 3 nitrogen and oxygen atoms in total. The van der Waals surface area contributed by atoms with Gasteiger partial charge in [0.05, 0.1) is 19.3 Å². The Bertz CT molecular complexity index is 377. The predicted octanol–water partition coefficient (Wildman–Crippen LogP) is 3.79. The van der Waals surface area contributed by atoms with Crippen LogP contribution < -0.4 is 4.74 Å². The van der Waals surface area contributed by atoms with Gasteiger partial charge in [-0.3, -0.25) is 0 Å². The van der Waals surface area contributed by atoms with Gasteiger partial charge in [0.1, 0.15) is 5.75 Å². The zero-order valence-electron chi connectivity index (χ0n) is 11.5. The highest BCUT2D eigenvalue weighted by Crippen LogP contribution is 2.23. The Hall–Kier alpha value is -0.580. The maximum absolute atomic E-state index is 5.67. The van der Waals surface area contributed by atoms with Crippen LogP contribution >= 0.6 is 15.9 Å². The molecule has 18 heavy (non-hydrogen) atoms. The van der Waals surface area contributed by atoms with Gasteiger partial charge in [0.25, 0.3) is 0 Å². The molecule has 0 saturated carbocycles. The third-order valence-electron chi connectivity index (χ3n) is 2.91. The van der Waals surface area contributed by atoms with Crippen LogP contribution in [0.1, 0.15) is 25.8 Å². The quantitative estimate of drug-likeness (QED) is 0.716. The topological polar surface area (TPSA) is 27.7 Å². The van der Waals surface area contributed by atoms with Crippen LogP contribution in [-0.4, -0.2) is 26.4 Å². The van der Waals surface area contributed by atoms with Crippen LogP contribution in [0, 0.1) is 0 Å². The minimum Gasteiger partial charge on any atom is -0.497 e. The second-order valence-corrected chi connectivity index (χ2v) is 5.58. The lowest BCUT2D eigenvalue weighted by Gasteiger charge is -2.22. The number of ether oxygens (including phenoxy) is 3. The van der Waals surface area contributed by atoms with Gasteiger partial charge in [0.2, 0.25) is 0 Å². The van der Waals surface area contributed by atoms with Crippen LogP contribution in [0.2, 0.25) is 0 Å². The first-order valence-electron chi connectivity index (χ1n) is 5.94. The van der Waals surface area contributed by atoms with Gasteiger partial charge in [-0.1, -0.05) is 15.9 Å². The Morgan fingerprint density at radius 3 is 2.56 bits per heavy atom. The second-order valence-electron chi connectivity index (χ2n) is 4.72. The van der Waals surface area contributed by atoms with E-state index in [1.807, 2.05) is 18.2 Å². The SMILES string of the molecule is COc1ccc(Br)c(COCCC(C)(C)OC)c1. The highest BCUT2D eigenvalue weighted by molar-refractivity contribution is 9.10. The number of halogens is 1. The van der Waals surface area contributed by atoms with Crippen LogP contribution in [-0.2, 0) is 16.1 Å². The molecule has 0 radical (unpaired) electrons. The molecule has 0 fully saturated rings. The van der Waals surface area contributed by atoms with Crippen molar-refractivity contribution in [3.63, 3.8) is 0 Å². The molecule has 0 bridgehead atoms. The first-order valence-corrected chi connectivity index (χ1v) is 6.73. The minimum atomic E-state index is -0.133. The van der Waals surface area contributed by atoms with E-state index in [1.165, 1.54) is 0 Å². The van der Waals surface area contributed by atoms with E-state index in [0.29, 0.717) is 13.2 Å². The van der Waals surface area contributed by atoms with Crippen molar-refractivity contribution in [2.24, 2.45) is 0 Å². The van der Waals surface area contributed by atoms with Gasteiger partial charge in [-0.25, -0.2) is 0 Å². The third-order valence-corrected chi connectivity index (χ3v) is 3.69. The fourth-order valence-electron chi connectivity index (χ4n) is 1.39. The van der Waals surface area contributed by atoms with Crippen molar-refractivity contribution in [1.29, 1.82) is 0 Å². The number of rotatable bonds is 7. The van der Waals surface area contributed by atoms with Crippen molar-refractivity contribution in [2.45, 2.75) is 32.5 Å². The molecule has 0 unspecified atom stereocenters. The van der Waals surface area contributed by atoms with Gasteiger partial charge in [0.15, 0.2) is 0 Å². The minimum absolute atomic E-state index is 0.133. The van der Waals surface area contributed by atoms with Crippen molar-refractivity contribution < 1.29 is 14.2 Å². The molecular formula is C14H21BrO3. The number of hydrogen-bond donors (Lipinski definition) is 0. The summed E-state index contributed by atoms with van der Waals surface area (Å²) in [5, 5.41) is 0. The average Bonchev–Trinajstić information content (AvgIpc) is 2.36. The Kier molecular flexibility index (Phi) is 6.12. The molecule has 1 rings (SSSR count). The summed E-state index contributed by atoms with van der Waals surface area (Å²) in [5.41, 5.74) is 0.954. The van der Waals surface area contributed by atoms with Crippen LogP contribution in [0.3, 0.4) is 0 Å². The predicted molar refractivity (Wildman–Crippen MR) is 76.1 cm³/mol. The van der Waals surface area contributed by atoms with Crippen molar-refractivity contribution in [2.75, 3.05) is 20.8 Å². The first-order chi connectivity index (χ1) is 8.48. The fourth-order valence-corrected chi connectivity index (χ4v) is 1.75. The van der Waals surface area contributed by atoms with E-state index in [4.69, 9.17) is 14.2 Å². The third kappa shape index (κ3) is 4.96. The summed E-state index contributed by atoms with van der Waals surface area (Å²) in [5.74, 6) is 0.842. The summed E-state index contributed by atoms with van der Waals surface area (Å²) in [6.45, 7) is 5.34. The van der Waals surface area contributed by atoms with Gasteiger partial charge in [-0.2, -0.15) is 0 Å². The van der Waals surface area contributed by atoms with Crippen LogP contribution in [0.5, 0.6) is 5.75 Å². The van der Waals surface area contributed by atoms with Crippen molar-refractivity contribution in [3.05, 3.63) is 28.2 Å². The monoisotopic (exact) mass is 316 g/mol. The Labute approximate surface area is 118 Å². The van der Waals surface area contributed by atoms with Crippen LogP contribution in [0.25, 0.3) is 0 Å². The van der Waals surface area contributed by atoms with E-state index < -0.39 is 0 Å². The second kappa shape index (κ2) is 7.12. The summed E-state index contributed by atoms with van der Waals surface area (Å²) < 4.78 is 17.2. The molecule has 0 aromatic heterocycles. The summed E-state index contributed by atoms with van der Waals surface area (Å²) in [4.78, 5) is 0. The highest BCUT2D eigenvalue weighted by atomic mass is 79.9. The highest BCUT2D eigenvalue weighted by Gasteiger charge is 2.15. The normalized spacial score (nSPS) is 11.6. The molecule has 0 amide bonds. The van der Waals surface area contributed by atoms with Crippen molar-refractivity contribution in [3.8, 4) is 5.75 Å². The summed E-state index contributed by atoms with van der Waals surface area (Å²) in [6.07, 6.45) is 0.866. The summed E-state index contributed by atoms with van der Waals surface area (Å²) in [6, 6.07) is 5.86. The zero-order chi connectivity index (χ0) is 13.6. The molecule has 1 aromatic carbocycles. The van der Waals surface area contributed by atoms with Crippen LogP contribution in [0.15, 0.2) is 22.7 Å². The van der Waals surface area contributed by atoms with Crippen molar-refractivity contribution in [1.82, 2.24) is 0 Å². The average molecular weight is 317 g/mol. The van der Waals surface area contributed by atoms with E-state index >= 15 is 0 Å². The zero-order valence-corrected chi connectivity index (χ0v) is 13.0. The van der Waals surface area contributed by atoms with E-state index in [1.54, 1.807) is 14.2 Å². The molecule has 0 aliphatic carbocycles. The van der Waals surface area contributed by atoms with Gasteiger partial charge in [-0.05, 0) is 44.0 Å². The van der Waals surface area contributed by atoms with Gasteiger partial charge >= 0.3 is 0 Å². The molecule has 0 spiro atoms. The van der Waals surface area contributed by atoms with E-state index in [2.05, 4.69) is 29.8 Å². The van der Waals surface area contributed by atoms with Crippen LogP contribution in [0.4, 0.5) is 0 Å². The van der Waals surface area contributed by atoms with E-state index in [9.17, 15) is 0 Å². The number of hydrogen-bond acceptors (Lipinski definition) is 3. The summed E-state index contributed by atoms with van der Waals surface area (Å²) in [7, 11) is 3.38. The van der Waals surface area contributed by atoms with Gasteiger partial charge < -0.3 is 14.2 Å². The van der Waals surface area contributed by atoms with Gasteiger partial charge in [0, 0.05) is 18.2 Å². The van der Waals surface area contributed by atoms with Gasteiger partial charge in [-0.15, -0.1) is 0 Å². The smallest absolute Gasteiger partial charge is 0.119 e. The Morgan fingerprint density at radius 2 is 1.94 bits per heavy atom. The Morgan fingerprint density at radius 1 is 1.22 bits per heavy atom. The Balaban J connectivity index is 2.44. The summed E-state index contributed by atoms with van der Waals surface area (Å²) >= 11 is 3.50. The molecule has 0 atom stereocenters. The van der Waals surface area contributed by atoms with E-state index in [-0.39, 0.29) is 5.60 Å². The molecule has 0 N–H and O–H groups in total. The van der Waals surface area contributed by atoms with E-state index in [0.717, 1.165) is 22.2 Å². The standard InChI is InChI=1S/C14H21BrO3/c1-14(2,17-4)7-8-18-10-11-9-12(16-3)5-6-13(11)15/h5-6,9H,7-8,10H2,1-4H3. The largest absolute Gasteiger partial charge is 0.497 e. The lowest BCUT2D eigenvalue weighted by Crippen LogP contribution is -2.24. The maximum Gasteiger partial charge on any atom is 0.119 e. The lowest BCUT2D eigenvalue weighted by atomic mass is 10.1. The molecular weight excluding hydrogens is 296 g/mol. The molecule has 0 heterocycles. The fraction of sp³-hybridized carbons (Fsp3) is 0.571. The molecule has 102 valence electrons. The molecule has 0 aliphatic heterocycles. The molecule has 1 aromatic rings. The maximum atomic E-state index is 5.67. The lowest BCUT2D eigenvalue weighted by molar-refractivity contribution is -0.0125. The molecule has 0 saturated heterocycles. The number of methoxy groups -OCH3 is 2. The van der Waals surface area contributed by atoms with Crippen molar-refractivity contribution >= 4 is 15.9 Å². The molecule has 4 heteroatoms. The number of benzene rings is 1.